The van der Waals surface area contributed by atoms with Gasteiger partial charge in [0.25, 0.3) is 5.91 Å². The van der Waals surface area contributed by atoms with Crippen LogP contribution in [0.15, 0.2) is 36.4 Å². The number of anilines is 2. The van der Waals surface area contributed by atoms with Crippen LogP contribution < -0.4 is 11.1 Å². The number of nitrogens with zero attached hydrogens (tertiary/aromatic N) is 1. The van der Waals surface area contributed by atoms with Gasteiger partial charge in [-0.1, -0.05) is 11.6 Å². The number of ether oxygens (including phenoxy) is 1. The van der Waals surface area contributed by atoms with Crippen molar-refractivity contribution in [3.05, 3.63) is 58.4 Å². The van der Waals surface area contributed by atoms with Crippen LogP contribution in [0.1, 0.15) is 22.8 Å². The summed E-state index contributed by atoms with van der Waals surface area (Å²) in [6.45, 7) is 1.36. The Morgan fingerprint density at radius 1 is 1.28 bits per heavy atom. The zero-order valence-corrected chi connectivity index (χ0v) is 14.2. The highest BCUT2D eigenvalue weighted by Crippen LogP contribution is 2.22. The Hall–Kier alpha value is -3.11. The minimum Gasteiger partial charge on any atom is -0.469 e. The summed E-state index contributed by atoms with van der Waals surface area (Å²) in [4.78, 5) is 21.7. The third-order valence-electron chi connectivity index (χ3n) is 2.87. The summed E-state index contributed by atoms with van der Waals surface area (Å²) in [5, 5.41) is 11.6. The summed E-state index contributed by atoms with van der Waals surface area (Å²) in [6, 6.07) is 9.80. The van der Waals surface area contributed by atoms with Gasteiger partial charge in [-0.25, -0.2) is 4.39 Å². The van der Waals surface area contributed by atoms with E-state index in [4.69, 9.17) is 22.6 Å². The SMILES string of the molecule is COC(C)=O.N#Cc1cc(F)ccc1NC(=O)c1cc(N)ccc1Cl. The summed E-state index contributed by atoms with van der Waals surface area (Å²) < 4.78 is 17.1. The molecule has 0 aromatic heterocycles. The summed E-state index contributed by atoms with van der Waals surface area (Å²) in [5.41, 5.74) is 6.39. The van der Waals surface area contributed by atoms with Gasteiger partial charge in [0, 0.05) is 12.6 Å². The van der Waals surface area contributed by atoms with Crippen molar-refractivity contribution >= 4 is 34.9 Å². The molecule has 2 rings (SSSR count). The number of benzene rings is 2. The monoisotopic (exact) mass is 363 g/mol. The van der Waals surface area contributed by atoms with Crippen molar-refractivity contribution in [3.63, 3.8) is 0 Å². The summed E-state index contributed by atoms with van der Waals surface area (Å²) in [5.74, 6) is -1.32. The van der Waals surface area contributed by atoms with Gasteiger partial charge in [-0.3, -0.25) is 9.59 Å². The van der Waals surface area contributed by atoms with Crippen LogP contribution in [-0.2, 0) is 9.53 Å². The second-order valence-corrected chi connectivity index (χ2v) is 5.10. The molecule has 0 aliphatic heterocycles. The molecule has 3 N–H and O–H groups in total. The van der Waals surface area contributed by atoms with Crippen molar-refractivity contribution in [2.24, 2.45) is 0 Å². The largest absolute Gasteiger partial charge is 0.469 e. The number of halogens is 2. The zero-order valence-electron chi connectivity index (χ0n) is 13.5. The molecule has 0 aliphatic carbocycles. The average Bonchev–Trinajstić information content (AvgIpc) is 2.58. The fourth-order valence-corrected chi connectivity index (χ4v) is 1.83. The van der Waals surface area contributed by atoms with E-state index in [9.17, 15) is 14.0 Å². The van der Waals surface area contributed by atoms with Crippen LogP contribution in [0.5, 0.6) is 0 Å². The lowest BCUT2D eigenvalue weighted by molar-refractivity contribution is -0.137. The van der Waals surface area contributed by atoms with Crippen LogP contribution in [0.3, 0.4) is 0 Å². The van der Waals surface area contributed by atoms with Gasteiger partial charge >= 0.3 is 5.97 Å². The van der Waals surface area contributed by atoms with Crippen molar-refractivity contribution in [2.75, 3.05) is 18.2 Å². The third-order valence-corrected chi connectivity index (χ3v) is 3.20. The Morgan fingerprint density at radius 2 is 1.92 bits per heavy atom. The van der Waals surface area contributed by atoms with Crippen LogP contribution in [0.4, 0.5) is 15.8 Å². The van der Waals surface area contributed by atoms with Gasteiger partial charge in [-0.05, 0) is 36.4 Å². The molecule has 0 heterocycles. The lowest BCUT2D eigenvalue weighted by atomic mass is 10.1. The van der Waals surface area contributed by atoms with Crippen molar-refractivity contribution in [3.8, 4) is 6.07 Å². The number of nitriles is 1. The van der Waals surface area contributed by atoms with Gasteiger partial charge in [0.15, 0.2) is 0 Å². The first-order chi connectivity index (χ1) is 11.8. The molecule has 2 aromatic carbocycles. The third kappa shape index (κ3) is 6.12. The van der Waals surface area contributed by atoms with E-state index < -0.39 is 11.7 Å². The predicted octanol–water partition coefficient (Wildman–Crippen LogP) is 3.36. The van der Waals surface area contributed by atoms with Gasteiger partial charge in [0.05, 0.1) is 28.9 Å². The van der Waals surface area contributed by atoms with E-state index in [1.54, 1.807) is 12.1 Å². The van der Waals surface area contributed by atoms with E-state index in [1.807, 2.05) is 0 Å². The summed E-state index contributed by atoms with van der Waals surface area (Å²) in [6.07, 6.45) is 0. The van der Waals surface area contributed by atoms with E-state index in [0.29, 0.717) is 5.69 Å². The lowest BCUT2D eigenvalue weighted by Gasteiger charge is -2.09. The Morgan fingerprint density at radius 3 is 2.48 bits per heavy atom. The lowest BCUT2D eigenvalue weighted by Crippen LogP contribution is -2.14. The van der Waals surface area contributed by atoms with Gasteiger partial charge in [-0.15, -0.1) is 0 Å². The van der Waals surface area contributed by atoms with E-state index in [2.05, 4.69) is 10.1 Å². The number of nitrogen functional groups attached to an aromatic ring is 1. The summed E-state index contributed by atoms with van der Waals surface area (Å²) >= 11 is 5.91. The molecule has 0 spiro atoms. The van der Waals surface area contributed by atoms with E-state index in [0.717, 1.165) is 12.1 Å². The second-order valence-electron chi connectivity index (χ2n) is 4.69. The van der Waals surface area contributed by atoms with E-state index in [-0.39, 0.29) is 27.8 Å². The Balaban J connectivity index is 0.000000550. The number of carbonyl (C=O) groups is 2. The van der Waals surface area contributed by atoms with Crippen molar-refractivity contribution < 1.29 is 18.7 Å². The second kappa shape index (κ2) is 9.25. The molecule has 0 unspecified atom stereocenters. The molecule has 25 heavy (non-hydrogen) atoms. The molecular formula is C17H15ClFN3O3. The number of amides is 1. The van der Waals surface area contributed by atoms with Crippen LogP contribution in [0.2, 0.25) is 5.02 Å². The first-order valence-corrected chi connectivity index (χ1v) is 7.26. The number of carbonyl (C=O) groups excluding carboxylic acids is 2. The summed E-state index contributed by atoms with van der Waals surface area (Å²) in [7, 11) is 1.35. The molecule has 2 aromatic rings. The molecule has 0 aliphatic rings. The molecule has 0 saturated heterocycles. The minimum atomic E-state index is -0.554. The molecule has 6 nitrogen and oxygen atoms in total. The average molecular weight is 364 g/mol. The topological polar surface area (TPSA) is 105 Å². The number of methoxy groups -OCH3 is 1. The Kier molecular flexibility index (Phi) is 7.38. The maximum atomic E-state index is 13.0. The first-order valence-electron chi connectivity index (χ1n) is 6.89. The molecule has 0 radical (unpaired) electrons. The molecular weight excluding hydrogens is 349 g/mol. The van der Waals surface area contributed by atoms with Crippen LogP contribution in [-0.4, -0.2) is 19.0 Å². The first kappa shape index (κ1) is 19.9. The Labute approximate surface area is 149 Å². The quantitative estimate of drug-likeness (QED) is 0.628. The van der Waals surface area contributed by atoms with Gasteiger partial charge in [0.1, 0.15) is 11.9 Å². The maximum absolute atomic E-state index is 13.0. The van der Waals surface area contributed by atoms with Gasteiger partial charge in [0.2, 0.25) is 0 Å². The molecule has 0 bridgehead atoms. The zero-order chi connectivity index (χ0) is 19.0. The van der Waals surface area contributed by atoms with Crippen molar-refractivity contribution in [1.82, 2.24) is 0 Å². The standard InChI is InChI=1S/C14H9ClFN3O.C3H6O2/c15-12-3-2-10(18)6-11(12)14(20)19-13-4-1-9(16)5-8(13)7-17;1-3(4)5-2/h1-6H,18H2,(H,19,20);1-2H3. The number of rotatable bonds is 2. The van der Waals surface area contributed by atoms with E-state index >= 15 is 0 Å². The fraction of sp³-hybridized carbons (Fsp3) is 0.118. The molecule has 1 amide bonds. The maximum Gasteiger partial charge on any atom is 0.302 e. The highest BCUT2D eigenvalue weighted by Gasteiger charge is 2.13. The molecule has 0 fully saturated rings. The highest BCUT2D eigenvalue weighted by molar-refractivity contribution is 6.34. The molecule has 0 saturated carbocycles. The molecule has 8 heteroatoms. The molecule has 0 atom stereocenters. The normalized spacial score (nSPS) is 9.24. The highest BCUT2D eigenvalue weighted by atomic mass is 35.5. The smallest absolute Gasteiger partial charge is 0.302 e. The number of esters is 1. The van der Waals surface area contributed by atoms with Crippen LogP contribution in [0.25, 0.3) is 0 Å². The van der Waals surface area contributed by atoms with Crippen LogP contribution >= 0.6 is 11.6 Å². The Bertz CT molecular complexity index is 834. The van der Waals surface area contributed by atoms with Crippen molar-refractivity contribution in [1.29, 1.82) is 5.26 Å². The number of nitrogens with two attached hydrogens (primary N) is 1. The fourth-order valence-electron chi connectivity index (χ4n) is 1.62. The van der Waals surface area contributed by atoms with E-state index in [1.165, 1.54) is 32.2 Å². The minimum absolute atomic E-state index is 0.0263. The number of hydrogen-bond donors (Lipinski definition) is 2. The van der Waals surface area contributed by atoms with Gasteiger partial charge in [-0.2, -0.15) is 5.26 Å². The van der Waals surface area contributed by atoms with Crippen molar-refractivity contribution in [2.45, 2.75) is 6.92 Å². The molecule has 130 valence electrons. The van der Waals surface area contributed by atoms with Crippen LogP contribution in [0, 0.1) is 17.1 Å². The number of nitrogens with one attached hydrogen (secondary N) is 1. The predicted molar refractivity (Wildman–Crippen MR) is 92.6 cm³/mol. The van der Waals surface area contributed by atoms with Gasteiger partial charge < -0.3 is 15.8 Å². The number of hydrogen-bond acceptors (Lipinski definition) is 5.